The van der Waals surface area contributed by atoms with Crippen LogP contribution in [0.4, 0.5) is 5.69 Å². The number of hydrogen-bond acceptors (Lipinski definition) is 3. The van der Waals surface area contributed by atoms with Crippen molar-refractivity contribution in [3.63, 3.8) is 0 Å². The summed E-state index contributed by atoms with van der Waals surface area (Å²) in [6.07, 6.45) is 0.509. The summed E-state index contributed by atoms with van der Waals surface area (Å²) >= 11 is 1.54. The Balaban J connectivity index is 2.45. The molecule has 0 saturated carbocycles. The zero-order valence-corrected chi connectivity index (χ0v) is 11.7. The first-order valence-electron chi connectivity index (χ1n) is 6.23. The number of benzene rings is 1. The van der Waals surface area contributed by atoms with Crippen LogP contribution >= 0.6 is 11.8 Å². The first kappa shape index (κ1) is 13.1. The Morgan fingerprint density at radius 3 is 2.72 bits per heavy atom. The highest BCUT2D eigenvalue weighted by molar-refractivity contribution is 8.01. The maximum atomic E-state index is 12.0. The van der Waals surface area contributed by atoms with E-state index in [9.17, 15) is 9.59 Å². The lowest BCUT2D eigenvalue weighted by molar-refractivity contribution is -0.117. The summed E-state index contributed by atoms with van der Waals surface area (Å²) in [5.74, 6) is 0.288. The van der Waals surface area contributed by atoms with E-state index in [0.717, 1.165) is 16.1 Å². The van der Waals surface area contributed by atoms with E-state index < -0.39 is 0 Å². The standard InChI is InChI=1S/C14H17NO2S/c1-4-12(16)10-6-7-11-13(8-10)18-9(3)14(17)15(11)5-2/h6-9H,4-5H2,1-3H3. The third-order valence-electron chi connectivity index (χ3n) is 3.13. The van der Waals surface area contributed by atoms with Crippen LogP contribution in [0.15, 0.2) is 23.1 Å². The summed E-state index contributed by atoms with van der Waals surface area (Å²) in [5.41, 5.74) is 1.67. The van der Waals surface area contributed by atoms with Crippen LogP contribution in [0.25, 0.3) is 0 Å². The topological polar surface area (TPSA) is 37.4 Å². The minimum atomic E-state index is -0.0792. The van der Waals surface area contributed by atoms with E-state index in [-0.39, 0.29) is 16.9 Å². The van der Waals surface area contributed by atoms with Gasteiger partial charge in [-0.3, -0.25) is 9.59 Å². The van der Waals surface area contributed by atoms with E-state index in [1.807, 2.05) is 39.0 Å². The van der Waals surface area contributed by atoms with Crippen molar-refractivity contribution in [2.75, 3.05) is 11.4 Å². The molecule has 1 aromatic carbocycles. The van der Waals surface area contributed by atoms with Gasteiger partial charge in [-0.05, 0) is 32.0 Å². The Morgan fingerprint density at radius 2 is 2.11 bits per heavy atom. The van der Waals surface area contributed by atoms with Crippen LogP contribution < -0.4 is 4.90 Å². The molecule has 1 heterocycles. The molecule has 0 spiro atoms. The molecule has 2 rings (SSSR count). The molecular formula is C14H17NO2S. The number of ketones is 1. The van der Waals surface area contributed by atoms with E-state index in [4.69, 9.17) is 0 Å². The molecule has 3 nitrogen and oxygen atoms in total. The maximum absolute atomic E-state index is 12.0. The van der Waals surface area contributed by atoms with E-state index >= 15 is 0 Å². The number of carbonyl (C=O) groups is 2. The zero-order chi connectivity index (χ0) is 13.3. The van der Waals surface area contributed by atoms with Gasteiger partial charge in [-0.25, -0.2) is 0 Å². The fourth-order valence-corrected chi connectivity index (χ4v) is 3.22. The van der Waals surface area contributed by atoms with Gasteiger partial charge in [0.05, 0.1) is 10.9 Å². The molecule has 4 heteroatoms. The smallest absolute Gasteiger partial charge is 0.240 e. The van der Waals surface area contributed by atoms with E-state index in [1.54, 1.807) is 4.90 Å². The summed E-state index contributed by atoms with van der Waals surface area (Å²) in [5, 5.41) is -0.0792. The van der Waals surface area contributed by atoms with Crippen LogP contribution in [-0.2, 0) is 4.79 Å². The lowest BCUT2D eigenvalue weighted by Crippen LogP contribution is -2.39. The first-order chi connectivity index (χ1) is 8.58. The highest BCUT2D eigenvalue weighted by Gasteiger charge is 2.29. The molecular weight excluding hydrogens is 246 g/mol. The van der Waals surface area contributed by atoms with Crippen molar-refractivity contribution in [1.82, 2.24) is 0 Å². The molecule has 96 valence electrons. The fraction of sp³-hybridized carbons (Fsp3) is 0.429. The third kappa shape index (κ3) is 2.17. The summed E-state index contributed by atoms with van der Waals surface area (Å²) in [7, 11) is 0. The second-order valence-corrected chi connectivity index (χ2v) is 5.68. The van der Waals surface area contributed by atoms with Crippen molar-refractivity contribution in [1.29, 1.82) is 0 Å². The van der Waals surface area contributed by atoms with Crippen molar-refractivity contribution in [2.45, 2.75) is 37.3 Å². The molecule has 1 aromatic rings. The summed E-state index contributed by atoms with van der Waals surface area (Å²) in [4.78, 5) is 26.6. The SMILES string of the molecule is CCC(=O)c1ccc2c(c1)SC(C)C(=O)N2CC. The van der Waals surface area contributed by atoms with Crippen molar-refractivity contribution in [3.05, 3.63) is 23.8 Å². The van der Waals surface area contributed by atoms with Crippen molar-refractivity contribution >= 4 is 29.1 Å². The van der Waals surface area contributed by atoms with E-state index in [0.29, 0.717) is 13.0 Å². The minimum Gasteiger partial charge on any atom is -0.311 e. The van der Waals surface area contributed by atoms with Gasteiger partial charge in [0.1, 0.15) is 0 Å². The van der Waals surface area contributed by atoms with Crippen LogP contribution in [-0.4, -0.2) is 23.5 Å². The molecule has 0 aromatic heterocycles. The average molecular weight is 263 g/mol. The zero-order valence-electron chi connectivity index (χ0n) is 10.9. The van der Waals surface area contributed by atoms with Crippen LogP contribution in [0.3, 0.4) is 0 Å². The van der Waals surface area contributed by atoms with Gasteiger partial charge in [0.15, 0.2) is 5.78 Å². The number of carbonyl (C=O) groups excluding carboxylic acids is 2. The van der Waals surface area contributed by atoms with Gasteiger partial charge in [0, 0.05) is 23.4 Å². The number of Topliss-reactive ketones (excluding diaryl/α,β-unsaturated/α-hetero) is 1. The molecule has 0 saturated heterocycles. The monoisotopic (exact) mass is 263 g/mol. The Hall–Kier alpha value is -1.29. The number of rotatable bonds is 3. The number of amides is 1. The predicted molar refractivity (Wildman–Crippen MR) is 74.4 cm³/mol. The lowest BCUT2D eigenvalue weighted by atomic mass is 10.1. The number of hydrogen-bond donors (Lipinski definition) is 0. The highest BCUT2D eigenvalue weighted by atomic mass is 32.2. The maximum Gasteiger partial charge on any atom is 0.240 e. The van der Waals surface area contributed by atoms with Crippen molar-refractivity contribution in [3.8, 4) is 0 Å². The summed E-state index contributed by atoms with van der Waals surface area (Å²) in [6, 6.07) is 5.62. The largest absolute Gasteiger partial charge is 0.311 e. The molecule has 1 amide bonds. The predicted octanol–water partition coefficient (Wildman–Crippen LogP) is 3.13. The molecule has 1 unspecified atom stereocenters. The van der Waals surface area contributed by atoms with Gasteiger partial charge in [-0.2, -0.15) is 0 Å². The third-order valence-corrected chi connectivity index (χ3v) is 4.26. The molecule has 0 aliphatic carbocycles. The number of thioether (sulfide) groups is 1. The first-order valence-corrected chi connectivity index (χ1v) is 7.11. The molecule has 1 aliphatic rings. The minimum absolute atomic E-state index is 0.0792. The summed E-state index contributed by atoms with van der Waals surface area (Å²) < 4.78 is 0. The molecule has 0 bridgehead atoms. The molecule has 1 aliphatic heterocycles. The molecule has 0 N–H and O–H groups in total. The van der Waals surface area contributed by atoms with Gasteiger partial charge in [-0.1, -0.05) is 6.92 Å². The van der Waals surface area contributed by atoms with Gasteiger partial charge in [0.25, 0.3) is 0 Å². The average Bonchev–Trinajstić information content (AvgIpc) is 2.39. The van der Waals surface area contributed by atoms with Crippen LogP contribution in [0.5, 0.6) is 0 Å². The van der Waals surface area contributed by atoms with Gasteiger partial charge in [0.2, 0.25) is 5.91 Å². The molecule has 1 atom stereocenters. The van der Waals surface area contributed by atoms with Crippen LogP contribution in [0, 0.1) is 0 Å². The Morgan fingerprint density at radius 1 is 1.39 bits per heavy atom. The summed E-state index contributed by atoms with van der Waals surface area (Å²) in [6.45, 7) is 6.40. The van der Waals surface area contributed by atoms with Crippen molar-refractivity contribution in [2.24, 2.45) is 0 Å². The fourth-order valence-electron chi connectivity index (χ4n) is 2.11. The number of anilines is 1. The Labute approximate surface area is 112 Å². The normalized spacial score (nSPS) is 18.7. The molecule has 18 heavy (non-hydrogen) atoms. The number of fused-ring (bicyclic) bond motifs is 1. The Kier molecular flexibility index (Phi) is 3.76. The van der Waals surface area contributed by atoms with Gasteiger partial charge in [-0.15, -0.1) is 11.8 Å². The Bertz CT molecular complexity index is 499. The quantitative estimate of drug-likeness (QED) is 0.786. The second kappa shape index (κ2) is 5.14. The van der Waals surface area contributed by atoms with Crippen LogP contribution in [0.1, 0.15) is 37.6 Å². The van der Waals surface area contributed by atoms with Crippen molar-refractivity contribution < 1.29 is 9.59 Å². The lowest BCUT2D eigenvalue weighted by Gasteiger charge is -2.31. The van der Waals surface area contributed by atoms with Crippen LogP contribution in [0.2, 0.25) is 0 Å². The van der Waals surface area contributed by atoms with Gasteiger partial charge >= 0.3 is 0 Å². The van der Waals surface area contributed by atoms with E-state index in [1.165, 1.54) is 11.8 Å². The second-order valence-electron chi connectivity index (χ2n) is 4.30. The molecule has 0 fully saturated rings. The highest BCUT2D eigenvalue weighted by Crippen LogP contribution is 2.39. The van der Waals surface area contributed by atoms with E-state index in [2.05, 4.69) is 0 Å². The number of nitrogens with zero attached hydrogens (tertiary/aromatic N) is 1. The molecule has 0 radical (unpaired) electrons. The van der Waals surface area contributed by atoms with Gasteiger partial charge < -0.3 is 4.90 Å².